The van der Waals surface area contributed by atoms with Gasteiger partial charge in [-0.1, -0.05) is 77.8 Å². The van der Waals surface area contributed by atoms with Gasteiger partial charge in [0, 0.05) is 32.4 Å². The fraction of sp³-hybridized carbons (Fsp3) is 0.176. The number of para-hydroxylation sites is 1. The van der Waals surface area contributed by atoms with Gasteiger partial charge >= 0.3 is 5.97 Å². The second-order valence-corrected chi connectivity index (χ2v) is 11.4. The molecule has 46 heavy (non-hydrogen) atoms. The van der Waals surface area contributed by atoms with Crippen LogP contribution in [0.4, 0.5) is 0 Å². The molecule has 5 rings (SSSR count). The number of carbonyl (C=O) groups excluding carboxylic acids is 2. The Morgan fingerprint density at radius 2 is 1.78 bits per heavy atom. The Hall–Kier alpha value is -4.64. The molecule has 1 aliphatic rings. The summed E-state index contributed by atoms with van der Waals surface area (Å²) in [6, 6.07) is 23.2. The summed E-state index contributed by atoms with van der Waals surface area (Å²) < 4.78 is 17.3. The van der Waals surface area contributed by atoms with Crippen LogP contribution in [-0.2, 0) is 20.9 Å². The Bertz CT molecular complexity index is 1860. The molecule has 9 nitrogen and oxygen atoms in total. The molecule has 0 fully saturated rings. The van der Waals surface area contributed by atoms with Crippen LogP contribution >= 0.6 is 35.4 Å². The van der Waals surface area contributed by atoms with Gasteiger partial charge < -0.3 is 24.8 Å². The fourth-order valence-corrected chi connectivity index (χ4v) is 5.66. The number of amides is 1. The number of halogens is 2. The Labute approximate surface area is 281 Å². The molecule has 0 aliphatic carbocycles. The largest absolute Gasteiger partial charge is 0.488 e. The van der Waals surface area contributed by atoms with Crippen LogP contribution in [-0.4, -0.2) is 36.4 Å². The van der Waals surface area contributed by atoms with Crippen molar-refractivity contribution in [1.29, 1.82) is 0 Å². The smallest absolute Gasteiger partial charge is 0.338 e. The van der Waals surface area contributed by atoms with Gasteiger partial charge in [-0.3, -0.25) is 4.79 Å². The first-order valence-corrected chi connectivity index (χ1v) is 15.5. The van der Waals surface area contributed by atoms with Crippen molar-refractivity contribution in [3.8, 4) is 11.5 Å². The number of hydrogen-bond donors (Lipinski definition) is 3. The van der Waals surface area contributed by atoms with E-state index in [4.69, 9.17) is 49.6 Å². The molecule has 0 bridgehead atoms. The van der Waals surface area contributed by atoms with Crippen molar-refractivity contribution in [1.82, 2.24) is 16.1 Å². The number of allylic oxidation sites excluding steroid dienone is 1. The number of hydrazone groups is 1. The van der Waals surface area contributed by atoms with E-state index in [9.17, 15) is 9.59 Å². The van der Waals surface area contributed by atoms with Crippen LogP contribution in [0, 0.1) is 0 Å². The van der Waals surface area contributed by atoms with Gasteiger partial charge in [-0.2, -0.15) is 5.10 Å². The molecular weight excluding hydrogens is 647 g/mol. The maximum absolute atomic E-state index is 12.8. The average Bonchev–Trinajstić information content (AvgIpc) is 3.03. The van der Waals surface area contributed by atoms with Crippen LogP contribution in [0.5, 0.6) is 11.5 Å². The zero-order valence-corrected chi connectivity index (χ0v) is 27.3. The maximum atomic E-state index is 12.8. The second kappa shape index (κ2) is 15.1. The predicted molar refractivity (Wildman–Crippen MR) is 183 cm³/mol. The summed E-state index contributed by atoms with van der Waals surface area (Å²) in [4.78, 5) is 25.7. The lowest BCUT2D eigenvalue weighted by Gasteiger charge is -2.30. The third-order valence-electron chi connectivity index (χ3n) is 7.07. The normalized spacial score (nSPS) is 14.5. The minimum atomic E-state index is -0.641. The lowest BCUT2D eigenvalue weighted by molar-refractivity contribution is -0.139. The molecule has 1 heterocycles. The van der Waals surface area contributed by atoms with Gasteiger partial charge in [0.05, 0.1) is 24.4 Å². The van der Waals surface area contributed by atoms with Crippen molar-refractivity contribution >= 4 is 69.4 Å². The summed E-state index contributed by atoms with van der Waals surface area (Å²) in [5.41, 5.74) is 5.53. The average molecular weight is 678 g/mol. The van der Waals surface area contributed by atoms with Gasteiger partial charge in [0.2, 0.25) is 0 Å². The van der Waals surface area contributed by atoms with Gasteiger partial charge in [-0.25, -0.2) is 10.2 Å². The van der Waals surface area contributed by atoms with E-state index in [2.05, 4.69) is 21.2 Å². The van der Waals surface area contributed by atoms with Crippen molar-refractivity contribution in [3.63, 3.8) is 0 Å². The summed E-state index contributed by atoms with van der Waals surface area (Å²) in [6.45, 7) is 3.57. The van der Waals surface area contributed by atoms with Crippen molar-refractivity contribution in [2.45, 2.75) is 26.5 Å². The Kier molecular flexibility index (Phi) is 10.7. The number of nitrogens with zero attached hydrogens (tertiary/aromatic N) is 1. The molecule has 1 atom stereocenters. The number of rotatable bonds is 11. The van der Waals surface area contributed by atoms with Gasteiger partial charge in [0.15, 0.2) is 11.7 Å². The fourth-order valence-electron chi connectivity index (χ4n) is 4.93. The molecule has 0 saturated heterocycles. The third kappa shape index (κ3) is 7.77. The molecule has 1 aliphatic heterocycles. The Morgan fingerprint density at radius 1 is 1.00 bits per heavy atom. The zero-order chi connectivity index (χ0) is 32.6. The molecule has 12 heteroatoms. The minimum Gasteiger partial charge on any atom is -0.488 e. The molecule has 0 aromatic heterocycles. The summed E-state index contributed by atoms with van der Waals surface area (Å²) in [6.07, 6.45) is 1.53. The molecular formula is C34H30Cl2N4O5S. The molecule has 0 saturated carbocycles. The zero-order valence-electron chi connectivity index (χ0n) is 24.9. The quantitative estimate of drug-likeness (QED) is 0.0705. The highest BCUT2D eigenvalue weighted by Gasteiger charge is 2.32. The van der Waals surface area contributed by atoms with E-state index in [1.54, 1.807) is 44.2 Å². The highest BCUT2D eigenvalue weighted by molar-refractivity contribution is 7.80. The standard InChI is InChI=1S/C34H30Cl2N4O5S/c1-3-43-33(42)31-20(2)38-34(46)39-32(31)25-10-6-7-11-28(25)45-19-30(41)40-37-17-26-24-9-5-4-8-21(24)13-15-29(26)44-18-22-12-14-23(35)16-27(22)36/h4-17,32H,3,18-19H2,1-2H3,(H,40,41)(H2,38,39,46)/t32-/m1/s1. The summed E-state index contributed by atoms with van der Waals surface area (Å²) >= 11 is 17.7. The number of thiocarbonyl (C=S) groups is 1. The van der Waals surface area contributed by atoms with Crippen molar-refractivity contribution in [2.24, 2.45) is 5.10 Å². The summed E-state index contributed by atoms with van der Waals surface area (Å²) in [5.74, 6) is -0.0275. The van der Waals surface area contributed by atoms with E-state index in [0.717, 1.165) is 16.3 Å². The van der Waals surface area contributed by atoms with Crippen LogP contribution in [0.25, 0.3) is 10.8 Å². The topological polar surface area (TPSA) is 110 Å². The predicted octanol–water partition coefficient (Wildman–Crippen LogP) is 6.61. The van der Waals surface area contributed by atoms with E-state index < -0.39 is 17.9 Å². The Morgan fingerprint density at radius 3 is 2.59 bits per heavy atom. The monoisotopic (exact) mass is 676 g/mol. The van der Waals surface area contributed by atoms with Crippen LogP contribution < -0.4 is 25.5 Å². The molecule has 0 unspecified atom stereocenters. The Balaban J connectivity index is 1.30. The lowest BCUT2D eigenvalue weighted by Crippen LogP contribution is -2.45. The number of benzene rings is 4. The van der Waals surface area contributed by atoms with E-state index in [0.29, 0.717) is 49.1 Å². The number of nitrogens with one attached hydrogen (secondary N) is 3. The molecule has 4 aromatic rings. The minimum absolute atomic E-state index is 0.206. The molecule has 3 N–H and O–H groups in total. The van der Waals surface area contributed by atoms with Crippen LogP contribution in [0.2, 0.25) is 10.0 Å². The summed E-state index contributed by atoms with van der Waals surface area (Å²) in [5, 5.41) is 13.5. The molecule has 1 amide bonds. The first-order valence-electron chi connectivity index (χ1n) is 14.3. The third-order valence-corrected chi connectivity index (χ3v) is 7.87. The van der Waals surface area contributed by atoms with Crippen molar-refractivity contribution < 1.29 is 23.8 Å². The number of fused-ring (bicyclic) bond motifs is 1. The number of ether oxygens (including phenoxy) is 3. The van der Waals surface area contributed by atoms with Gasteiger partial charge in [-0.15, -0.1) is 0 Å². The SMILES string of the molecule is CCOC(=O)C1=C(C)NC(=S)N[C@@H]1c1ccccc1OCC(=O)NN=Cc1c(OCc2ccc(Cl)cc2Cl)ccc2ccccc12. The highest BCUT2D eigenvalue weighted by Crippen LogP contribution is 2.34. The van der Waals surface area contributed by atoms with Gasteiger partial charge in [0.1, 0.15) is 18.1 Å². The van der Waals surface area contributed by atoms with Crippen molar-refractivity contribution in [3.05, 3.63) is 117 Å². The molecule has 4 aromatic carbocycles. The number of esters is 1. The summed E-state index contributed by atoms with van der Waals surface area (Å²) in [7, 11) is 0. The molecule has 0 spiro atoms. The maximum Gasteiger partial charge on any atom is 0.338 e. The lowest BCUT2D eigenvalue weighted by atomic mass is 9.95. The van der Waals surface area contributed by atoms with Gasteiger partial charge in [-0.05, 0) is 61.1 Å². The number of carbonyl (C=O) groups is 2. The van der Waals surface area contributed by atoms with E-state index >= 15 is 0 Å². The number of hydrogen-bond acceptors (Lipinski definition) is 7. The van der Waals surface area contributed by atoms with Crippen LogP contribution in [0.3, 0.4) is 0 Å². The van der Waals surface area contributed by atoms with Crippen LogP contribution in [0.1, 0.15) is 36.6 Å². The van der Waals surface area contributed by atoms with Gasteiger partial charge in [0.25, 0.3) is 5.91 Å². The highest BCUT2D eigenvalue weighted by atomic mass is 35.5. The van der Waals surface area contributed by atoms with Crippen LogP contribution in [0.15, 0.2) is 95.2 Å². The first kappa shape index (κ1) is 32.7. The van der Waals surface area contributed by atoms with E-state index in [1.165, 1.54) is 6.21 Å². The second-order valence-electron chi connectivity index (χ2n) is 10.1. The first-order chi connectivity index (χ1) is 22.2. The molecule has 236 valence electrons. The molecule has 0 radical (unpaired) electrons. The van der Waals surface area contributed by atoms with E-state index in [-0.39, 0.29) is 19.8 Å². The van der Waals surface area contributed by atoms with E-state index in [1.807, 2.05) is 48.5 Å². The van der Waals surface area contributed by atoms with Crippen molar-refractivity contribution in [2.75, 3.05) is 13.2 Å².